The first kappa shape index (κ1) is 18.5. The van der Waals surface area contributed by atoms with Crippen LogP contribution in [0.25, 0.3) is 10.9 Å². The third-order valence-electron chi connectivity index (χ3n) is 4.97. The van der Waals surface area contributed by atoms with Crippen molar-refractivity contribution in [3.05, 3.63) is 101 Å². The van der Waals surface area contributed by atoms with Gasteiger partial charge in [-0.15, -0.1) is 0 Å². The van der Waals surface area contributed by atoms with Crippen molar-refractivity contribution in [3.8, 4) is 5.75 Å². The number of hydrogen-bond donors (Lipinski definition) is 2. The number of carbonyl (C=O) groups is 1. The van der Waals surface area contributed by atoms with Crippen LogP contribution in [-0.4, -0.2) is 21.8 Å². The number of fused-ring (bicyclic) bond motifs is 1. The predicted molar refractivity (Wildman–Crippen MR) is 115 cm³/mol. The molecule has 0 saturated carbocycles. The number of benzene rings is 3. The largest absolute Gasteiger partial charge is 0.507 e. The van der Waals surface area contributed by atoms with Gasteiger partial charge in [0.1, 0.15) is 5.75 Å². The van der Waals surface area contributed by atoms with Crippen molar-refractivity contribution >= 4 is 23.0 Å². The van der Waals surface area contributed by atoms with E-state index in [1.54, 1.807) is 24.4 Å². The first-order valence-electron chi connectivity index (χ1n) is 9.38. The summed E-state index contributed by atoms with van der Waals surface area (Å²) in [6, 6.07) is 24.8. The molecule has 0 aliphatic carbocycles. The standard InChI is InChI=1S/C24H21N3O2/c1-17-21(15-25-26-24(29)20-12-6-8-14-23(20)28)19-11-5-7-13-22(19)27(17)16-18-9-3-2-4-10-18/h2-15,28H,16H2,1H3,(H,26,29)/b25-15+. The molecule has 0 aliphatic heterocycles. The summed E-state index contributed by atoms with van der Waals surface area (Å²) in [5.41, 5.74) is 7.04. The molecule has 0 spiro atoms. The molecule has 144 valence electrons. The number of phenolic OH excluding ortho intramolecular Hbond substituents is 1. The SMILES string of the molecule is Cc1c(/C=N/NC(=O)c2ccccc2O)c2ccccc2n1Cc1ccccc1. The average molecular weight is 383 g/mol. The van der Waals surface area contributed by atoms with Crippen molar-refractivity contribution in [2.45, 2.75) is 13.5 Å². The van der Waals surface area contributed by atoms with Gasteiger partial charge < -0.3 is 9.67 Å². The minimum atomic E-state index is -0.454. The Morgan fingerprint density at radius 1 is 1.00 bits per heavy atom. The number of aromatic nitrogens is 1. The van der Waals surface area contributed by atoms with Crippen molar-refractivity contribution in [3.63, 3.8) is 0 Å². The van der Waals surface area contributed by atoms with Crippen LogP contribution in [-0.2, 0) is 6.54 Å². The van der Waals surface area contributed by atoms with Crippen LogP contribution in [0.2, 0.25) is 0 Å². The highest BCUT2D eigenvalue weighted by molar-refractivity contribution is 6.02. The molecule has 0 bridgehead atoms. The molecule has 5 heteroatoms. The van der Waals surface area contributed by atoms with E-state index in [1.807, 2.05) is 30.3 Å². The zero-order chi connectivity index (χ0) is 20.2. The number of carbonyl (C=O) groups excluding carboxylic acids is 1. The first-order valence-corrected chi connectivity index (χ1v) is 9.38. The summed E-state index contributed by atoms with van der Waals surface area (Å²) in [4.78, 5) is 12.3. The van der Waals surface area contributed by atoms with E-state index >= 15 is 0 Å². The molecule has 0 atom stereocenters. The van der Waals surface area contributed by atoms with E-state index < -0.39 is 5.91 Å². The lowest BCUT2D eigenvalue weighted by Crippen LogP contribution is -2.17. The molecule has 0 unspecified atom stereocenters. The maximum atomic E-state index is 12.3. The molecule has 4 rings (SSSR count). The third kappa shape index (κ3) is 3.75. The van der Waals surface area contributed by atoms with E-state index in [2.05, 4.69) is 46.3 Å². The van der Waals surface area contributed by atoms with Crippen molar-refractivity contribution in [2.24, 2.45) is 5.10 Å². The molecule has 1 amide bonds. The second kappa shape index (κ2) is 8.02. The van der Waals surface area contributed by atoms with Gasteiger partial charge in [0.15, 0.2) is 0 Å². The van der Waals surface area contributed by atoms with Crippen molar-refractivity contribution < 1.29 is 9.90 Å². The maximum absolute atomic E-state index is 12.3. The Morgan fingerprint density at radius 2 is 1.69 bits per heavy atom. The van der Waals surface area contributed by atoms with E-state index in [0.717, 1.165) is 28.7 Å². The number of rotatable bonds is 5. The van der Waals surface area contributed by atoms with Crippen LogP contribution in [0.1, 0.15) is 27.2 Å². The highest BCUT2D eigenvalue weighted by Crippen LogP contribution is 2.25. The van der Waals surface area contributed by atoms with E-state index in [9.17, 15) is 9.90 Å². The van der Waals surface area contributed by atoms with Gasteiger partial charge in [-0.25, -0.2) is 5.43 Å². The van der Waals surface area contributed by atoms with Gasteiger partial charge in [-0.1, -0.05) is 60.7 Å². The smallest absolute Gasteiger partial charge is 0.275 e. The molecule has 0 radical (unpaired) electrons. The summed E-state index contributed by atoms with van der Waals surface area (Å²) < 4.78 is 2.25. The van der Waals surface area contributed by atoms with Crippen LogP contribution >= 0.6 is 0 Å². The van der Waals surface area contributed by atoms with E-state index in [-0.39, 0.29) is 11.3 Å². The number of amides is 1. The number of hydrogen-bond acceptors (Lipinski definition) is 3. The van der Waals surface area contributed by atoms with Crippen LogP contribution in [0.15, 0.2) is 84.0 Å². The number of phenols is 1. The van der Waals surface area contributed by atoms with Gasteiger partial charge in [-0.3, -0.25) is 4.79 Å². The van der Waals surface area contributed by atoms with Crippen molar-refractivity contribution in [1.29, 1.82) is 0 Å². The Hall–Kier alpha value is -3.86. The molecular formula is C24H21N3O2. The second-order valence-electron chi connectivity index (χ2n) is 6.80. The van der Waals surface area contributed by atoms with Gasteiger partial charge >= 0.3 is 0 Å². The highest BCUT2D eigenvalue weighted by Gasteiger charge is 2.13. The molecule has 2 N–H and O–H groups in total. The molecule has 4 aromatic rings. The fourth-order valence-electron chi connectivity index (χ4n) is 3.47. The number of para-hydroxylation sites is 2. The molecule has 0 aliphatic rings. The number of nitrogens with one attached hydrogen (secondary N) is 1. The first-order chi connectivity index (χ1) is 14.1. The number of aromatic hydroxyl groups is 1. The number of nitrogens with zero attached hydrogens (tertiary/aromatic N) is 2. The highest BCUT2D eigenvalue weighted by atomic mass is 16.3. The lowest BCUT2D eigenvalue weighted by Gasteiger charge is -2.08. The molecule has 0 fully saturated rings. The molecule has 1 aromatic heterocycles. The van der Waals surface area contributed by atoms with E-state index in [0.29, 0.717) is 0 Å². The van der Waals surface area contributed by atoms with Crippen LogP contribution in [0, 0.1) is 6.92 Å². The summed E-state index contributed by atoms with van der Waals surface area (Å²) in [7, 11) is 0. The van der Waals surface area contributed by atoms with E-state index in [1.165, 1.54) is 11.6 Å². The van der Waals surface area contributed by atoms with E-state index in [4.69, 9.17) is 0 Å². The molecule has 5 nitrogen and oxygen atoms in total. The lowest BCUT2D eigenvalue weighted by molar-refractivity contribution is 0.0952. The third-order valence-corrected chi connectivity index (χ3v) is 4.97. The summed E-state index contributed by atoms with van der Waals surface area (Å²) >= 11 is 0. The minimum Gasteiger partial charge on any atom is -0.507 e. The summed E-state index contributed by atoms with van der Waals surface area (Å²) in [6.07, 6.45) is 1.66. The Bertz CT molecular complexity index is 1190. The normalized spacial score (nSPS) is 11.2. The van der Waals surface area contributed by atoms with Gasteiger partial charge in [0, 0.05) is 28.7 Å². The zero-order valence-corrected chi connectivity index (χ0v) is 16.0. The zero-order valence-electron chi connectivity index (χ0n) is 16.0. The van der Waals surface area contributed by atoms with Crippen molar-refractivity contribution in [2.75, 3.05) is 0 Å². The Balaban J connectivity index is 1.64. The molecule has 0 saturated heterocycles. The van der Waals surface area contributed by atoms with Gasteiger partial charge in [0.25, 0.3) is 5.91 Å². The summed E-state index contributed by atoms with van der Waals surface area (Å²) in [6.45, 7) is 2.81. The molecule has 1 heterocycles. The van der Waals surface area contributed by atoms with Crippen LogP contribution < -0.4 is 5.43 Å². The van der Waals surface area contributed by atoms with Crippen LogP contribution in [0.4, 0.5) is 0 Å². The minimum absolute atomic E-state index is 0.0733. The van der Waals surface area contributed by atoms with Gasteiger partial charge in [0.2, 0.25) is 0 Å². The van der Waals surface area contributed by atoms with Gasteiger partial charge in [-0.05, 0) is 30.7 Å². The van der Waals surface area contributed by atoms with Gasteiger partial charge in [-0.2, -0.15) is 5.10 Å². The fraction of sp³-hybridized carbons (Fsp3) is 0.0833. The second-order valence-corrected chi connectivity index (χ2v) is 6.80. The fourth-order valence-corrected chi connectivity index (χ4v) is 3.47. The molecular weight excluding hydrogens is 362 g/mol. The lowest BCUT2D eigenvalue weighted by atomic mass is 10.1. The summed E-state index contributed by atoms with van der Waals surface area (Å²) in [5.74, 6) is -0.527. The quantitative estimate of drug-likeness (QED) is 0.394. The van der Waals surface area contributed by atoms with Crippen LogP contribution in [0.3, 0.4) is 0 Å². The molecule has 3 aromatic carbocycles. The van der Waals surface area contributed by atoms with Crippen molar-refractivity contribution in [1.82, 2.24) is 9.99 Å². The topological polar surface area (TPSA) is 66.6 Å². The monoisotopic (exact) mass is 383 g/mol. The van der Waals surface area contributed by atoms with Crippen LogP contribution in [0.5, 0.6) is 5.75 Å². The maximum Gasteiger partial charge on any atom is 0.275 e. The average Bonchev–Trinajstić information content (AvgIpc) is 3.01. The predicted octanol–water partition coefficient (Wildman–Crippen LogP) is 4.47. The molecule has 29 heavy (non-hydrogen) atoms. The Morgan fingerprint density at radius 3 is 2.48 bits per heavy atom. The Kier molecular flexibility index (Phi) is 5.12. The Labute approximate surface area is 168 Å². The summed E-state index contributed by atoms with van der Waals surface area (Å²) in [5, 5.41) is 15.0. The van der Waals surface area contributed by atoms with Gasteiger partial charge in [0.05, 0.1) is 11.8 Å². The number of hydrazone groups is 1.